The van der Waals surface area contributed by atoms with Crippen molar-refractivity contribution in [3.05, 3.63) is 28.6 Å². The first kappa shape index (κ1) is 8.44. The van der Waals surface area contributed by atoms with Crippen molar-refractivity contribution < 1.29 is 9.52 Å². The highest BCUT2D eigenvalue weighted by Gasteiger charge is 2.45. The Balaban J connectivity index is 2.25. The van der Waals surface area contributed by atoms with Gasteiger partial charge in [0.05, 0.1) is 4.47 Å². The van der Waals surface area contributed by atoms with Gasteiger partial charge in [0.2, 0.25) is 0 Å². The molecule has 1 aliphatic rings. The lowest BCUT2D eigenvalue weighted by Crippen LogP contribution is -2.00. The summed E-state index contributed by atoms with van der Waals surface area (Å²) in [6, 6.07) is 3.64. The fraction of sp³-hybridized carbons (Fsp3) is 0.300. The van der Waals surface area contributed by atoms with Gasteiger partial charge in [-0.1, -0.05) is 0 Å². The van der Waals surface area contributed by atoms with Crippen LogP contribution in [-0.2, 0) is 5.60 Å². The van der Waals surface area contributed by atoms with Gasteiger partial charge in [-0.3, -0.25) is 4.98 Å². The highest BCUT2D eigenvalue weighted by molar-refractivity contribution is 9.10. The number of aliphatic hydroxyl groups is 1. The highest BCUT2D eigenvalue weighted by Crippen LogP contribution is 2.47. The maximum absolute atomic E-state index is 9.86. The molecule has 14 heavy (non-hydrogen) atoms. The molecule has 1 saturated carbocycles. The molecular formula is C10H8BrNO2. The third-order valence-corrected chi connectivity index (χ3v) is 3.17. The molecule has 0 amide bonds. The summed E-state index contributed by atoms with van der Waals surface area (Å²) in [4.78, 5) is 4.17. The lowest BCUT2D eigenvalue weighted by molar-refractivity contribution is 0.125. The first-order valence-corrected chi connectivity index (χ1v) is 5.25. The van der Waals surface area contributed by atoms with Gasteiger partial charge in [-0.15, -0.1) is 0 Å². The molecule has 2 heterocycles. The predicted octanol–water partition coefficient (Wildman–Crippen LogP) is 2.57. The van der Waals surface area contributed by atoms with Crippen LogP contribution in [0.3, 0.4) is 0 Å². The molecule has 0 radical (unpaired) electrons. The Morgan fingerprint density at radius 1 is 1.50 bits per heavy atom. The fourth-order valence-corrected chi connectivity index (χ4v) is 1.90. The van der Waals surface area contributed by atoms with E-state index in [-0.39, 0.29) is 0 Å². The molecule has 0 bridgehead atoms. The zero-order valence-electron chi connectivity index (χ0n) is 7.33. The molecule has 72 valence electrons. The van der Waals surface area contributed by atoms with Crippen LogP contribution < -0.4 is 0 Å². The molecule has 3 nitrogen and oxygen atoms in total. The maximum Gasteiger partial charge on any atom is 0.167 e. The quantitative estimate of drug-likeness (QED) is 0.850. The Hall–Kier alpha value is -0.870. The second kappa shape index (κ2) is 2.58. The monoisotopic (exact) mass is 253 g/mol. The fourth-order valence-electron chi connectivity index (χ4n) is 1.50. The van der Waals surface area contributed by atoms with Crippen LogP contribution in [0.5, 0.6) is 0 Å². The van der Waals surface area contributed by atoms with Crippen molar-refractivity contribution in [3.8, 4) is 0 Å². The molecule has 3 rings (SSSR count). The van der Waals surface area contributed by atoms with Crippen LogP contribution in [0.15, 0.2) is 27.2 Å². The number of fused-ring (bicyclic) bond motifs is 1. The summed E-state index contributed by atoms with van der Waals surface area (Å²) in [5, 5.41) is 9.86. The van der Waals surface area contributed by atoms with Gasteiger partial charge in [0.25, 0.3) is 0 Å². The number of hydrogen-bond donors (Lipinski definition) is 1. The van der Waals surface area contributed by atoms with Crippen LogP contribution in [-0.4, -0.2) is 10.1 Å². The number of nitrogens with zero attached hydrogens (tertiary/aromatic N) is 1. The first-order valence-electron chi connectivity index (χ1n) is 4.46. The van der Waals surface area contributed by atoms with Crippen LogP contribution in [0.2, 0.25) is 0 Å². The number of hydrogen-bond acceptors (Lipinski definition) is 3. The summed E-state index contributed by atoms with van der Waals surface area (Å²) >= 11 is 3.38. The van der Waals surface area contributed by atoms with Crippen molar-refractivity contribution >= 4 is 27.0 Å². The minimum absolute atomic E-state index is 0.631. The second-order valence-electron chi connectivity index (χ2n) is 3.65. The number of pyridine rings is 1. The van der Waals surface area contributed by atoms with Crippen molar-refractivity contribution in [2.24, 2.45) is 0 Å². The van der Waals surface area contributed by atoms with Gasteiger partial charge in [-0.25, -0.2) is 0 Å². The van der Waals surface area contributed by atoms with E-state index in [4.69, 9.17) is 4.42 Å². The van der Waals surface area contributed by atoms with Crippen LogP contribution in [0.1, 0.15) is 18.6 Å². The topological polar surface area (TPSA) is 46.3 Å². The van der Waals surface area contributed by atoms with E-state index in [1.54, 1.807) is 6.20 Å². The summed E-state index contributed by atoms with van der Waals surface area (Å²) in [7, 11) is 0. The third-order valence-electron chi connectivity index (χ3n) is 2.55. The van der Waals surface area contributed by atoms with Gasteiger partial charge in [0.1, 0.15) is 16.9 Å². The van der Waals surface area contributed by atoms with Crippen molar-refractivity contribution in [1.82, 2.24) is 4.98 Å². The number of rotatable bonds is 1. The molecule has 0 unspecified atom stereocenters. The summed E-state index contributed by atoms with van der Waals surface area (Å²) in [5.74, 6) is 0.631. The standard InChI is InChI=1S/C10H8BrNO2/c11-6-1-4-12-7-5-8(14-9(6)7)10(13)2-3-10/h1,4-5,13H,2-3H2. The molecule has 1 fully saturated rings. The Morgan fingerprint density at radius 2 is 2.29 bits per heavy atom. The number of halogens is 1. The van der Waals surface area contributed by atoms with Gasteiger partial charge in [0, 0.05) is 12.3 Å². The molecule has 0 saturated heterocycles. The predicted molar refractivity (Wildman–Crippen MR) is 54.8 cm³/mol. The lowest BCUT2D eigenvalue weighted by atomic mass is 10.2. The normalized spacial score (nSPS) is 18.7. The molecule has 0 spiro atoms. The van der Waals surface area contributed by atoms with Crippen molar-refractivity contribution in [1.29, 1.82) is 0 Å². The van der Waals surface area contributed by atoms with Crippen LogP contribution in [0.25, 0.3) is 11.1 Å². The molecule has 4 heteroatoms. The highest BCUT2D eigenvalue weighted by atomic mass is 79.9. The third kappa shape index (κ3) is 1.11. The van der Waals surface area contributed by atoms with E-state index in [1.807, 2.05) is 12.1 Å². The van der Waals surface area contributed by atoms with E-state index in [0.717, 1.165) is 22.8 Å². The van der Waals surface area contributed by atoms with E-state index in [1.165, 1.54) is 0 Å². The second-order valence-corrected chi connectivity index (χ2v) is 4.50. The molecule has 2 aromatic rings. The Bertz CT molecular complexity index is 502. The van der Waals surface area contributed by atoms with Crippen molar-refractivity contribution in [2.45, 2.75) is 18.4 Å². The molecule has 0 aromatic carbocycles. The van der Waals surface area contributed by atoms with Crippen LogP contribution >= 0.6 is 15.9 Å². The molecule has 1 aliphatic carbocycles. The number of aromatic nitrogens is 1. The van der Waals surface area contributed by atoms with E-state index in [0.29, 0.717) is 11.3 Å². The van der Waals surface area contributed by atoms with Gasteiger partial charge in [-0.05, 0) is 34.8 Å². The average Bonchev–Trinajstić information content (AvgIpc) is 2.77. The molecule has 2 aromatic heterocycles. The molecular weight excluding hydrogens is 246 g/mol. The molecule has 1 N–H and O–H groups in total. The average molecular weight is 254 g/mol. The zero-order valence-corrected chi connectivity index (χ0v) is 8.91. The summed E-state index contributed by atoms with van der Waals surface area (Å²) in [5.41, 5.74) is 0.776. The summed E-state index contributed by atoms with van der Waals surface area (Å²) in [6.07, 6.45) is 3.28. The molecule has 0 atom stereocenters. The molecule has 0 aliphatic heterocycles. The van der Waals surface area contributed by atoms with Gasteiger partial charge < -0.3 is 9.52 Å². The minimum atomic E-state index is -0.722. The summed E-state index contributed by atoms with van der Waals surface area (Å²) in [6.45, 7) is 0. The maximum atomic E-state index is 9.86. The largest absolute Gasteiger partial charge is 0.455 e. The Labute approximate surface area is 88.9 Å². The van der Waals surface area contributed by atoms with Crippen molar-refractivity contribution in [2.75, 3.05) is 0 Å². The SMILES string of the molecule is OC1(c2cc3nccc(Br)c3o2)CC1. The van der Waals surface area contributed by atoms with Gasteiger partial charge >= 0.3 is 0 Å². The first-order chi connectivity index (χ1) is 6.69. The van der Waals surface area contributed by atoms with Gasteiger partial charge in [-0.2, -0.15) is 0 Å². The summed E-state index contributed by atoms with van der Waals surface area (Å²) < 4.78 is 6.44. The van der Waals surface area contributed by atoms with Crippen molar-refractivity contribution in [3.63, 3.8) is 0 Å². The van der Waals surface area contributed by atoms with Crippen LogP contribution in [0.4, 0.5) is 0 Å². The van der Waals surface area contributed by atoms with E-state index >= 15 is 0 Å². The number of furan rings is 1. The van der Waals surface area contributed by atoms with E-state index in [9.17, 15) is 5.11 Å². The van der Waals surface area contributed by atoms with E-state index in [2.05, 4.69) is 20.9 Å². The minimum Gasteiger partial charge on any atom is -0.455 e. The smallest absolute Gasteiger partial charge is 0.167 e. The van der Waals surface area contributed by atoms with Crippen LogP contribution in [0, 0.1) is 0 Å². The Morgan fingerprint density at radius 3 is 2.93 bits per heavy atom. The van der Waals surface area contributed by atoms with E-state index < -0.39 is 5.60 Å². The Kier molecular flexibility index (Phi) is 1.56. The van der Waals surface area contributed by atoms with Gasteiger partial charge in [0.15, 0.2) is 5.58 Å². The lowest BCUT2D eigenvalue weighted by Gasteiger charge is -2.00. The zero-order chi connectivity index (χ0) is 9.76.